The van der Waals surface area contributed by atoms with E-state index in [1.54, 1.807) is 12.1 Å². The topological polar surface area (TPSA) is 88.2 Å². The predicted octanol–water partition coefficient (Wildman–Crippen LogP) is 6.31. The van der Waals surface area contributed by atoms with Crippen LogP contribution in [0.1, 0.15) is 10.5 Å². The number of nitrogens with zero attached hydrogens (tertiary/aromatic N) is 3. The molecule has 2 aromatic heterocycles. The third-order valence-electron chi connectivity index (χ3n) is 6.08. The van der Waals surface area contributed by atoms with Crippen LogP contribution in [0, 0.1) is 0 Å². The lowest BCUT2D eigenvalue weighted by atomic mass is 9.98. The molecule has 168 valence electrons. The number of aromatic nitrogens is 3. The summed E-state index contributed by atoms with van der Waals surface area (Å²) in [6, 6.07) is 32.7. The van der Waals surface area contributed by atoms with E-state index in [-0.39, 0.29) is 17.0 Å². The molecule has 2 N–H and O–H groups in total. The molecule has 0 bridgehead atoms. The number of para-hydroxylation sites is 3. The van der Waals surface area contributed by atoms with Gasteiger partial charge in [-0.05, 0) is 59.7 Å². The highest BCUT2D eigenvalue weighted by Crippen LogP contribution is 2.35. The molecule has 6 nitrogen and oxygen atoms in total. The summed E-state index contributed by atoms with van der Waals surface area (Å²) < 4.78 is 2.15. The van der Waals surface area contributed by atoms with Crippen LogP contribution < -0.4 is 0 Å². The van der Waals surface area contributed by atoms with Crippen molar-refractivity contribution in [3.8, 4) is 34.0 Å². The lowest BCUT2D eigenvalue weighted by Gasteiger charge is -2.11. The average molecular weight is 457 g/mol. The summed E-state index contributed by atoms with van der Waals surface area (Å²) in [6.45, 7) is 0. The molecule has 0 spiro atoms. The Bertz CT molecular complexity index is 1720. The van der Waals surface area contributed by atoms with Gasteiger partial charge >= 0.3 is 5.97 Å². The van der Waals surface area contributed by atoms with Crippen molar-refractivity contribution >= 4 is 27.9 Å². The summed E-state index contributed by atoms with van der Waals surface area (Å²) >= 11 is 0. The monoisotopic (exact) mass is 457 g/mol. The van der Waals surface area contributed by atoms with Gasteiger partial charge in [-0.2, -0.15) is 0 Å². The van der Waals surface area contributed by atoms with Crippen molar-refractivity contribution in [3.05, 3.63) is 109 Å². The Morgan fingerprint density at radius 1 is 0.714 bits per heavy atom. The maximum atomic E-state index is 11.3. The Labute approximate surface area is 200 Å². The second kappa shape index (κ2) is 8.11. The first-order valence-corrected chi connectivity index (χ1v) is 11.1. The number of rotatable bonds is 4. The third kappa shape index (κ3) is 3.48. The number of imidazole rings is 1. The number of aromatic carboxylic acids is 1. The van der Waals surface area contributed by atoms with Gasteiger partial charge in [-0.25, -0.2) is 14.8 Å². The van der Waals surface area contributed by atoms with Crippen LogP contribution in [0.3, 0.4) is 0 Å². The molecule has 4 aromatic carbocycles. The van der Waals surface area contributed by atoms with Gasteiger partial charge in [0.05, 0.1) is 11.0 Å². The summed E-state index contributed by atoms with van der Waals surface area (Å²) in [7, 11) is 0. The van der Waals surface area contributed by atoms with E-state index in [0.29, 0.717) is 5.39 Å². The normalized spacial score (nSPS) is 11.2. The molecule has 0 saturated carbocycles. The van der Waals surface area contributed by atoms with Crippen LogP contribution in [-0.2, 0) is 0 Å². The van der Waals surface area contributed by atoms with Crippen LogP contribution in [0.25, 0.3) is 50.1 Å². The Kier molecular flexibility index (Phi) is 4.78. The van der Waals surface area contributed by atoms with Crippen molar-refractivity contribution in [2.75, 3.05) is 0 Å². The number of phenolic OH excluding ortho intramolecular Hbond substituents is 1. The third-order valence-corrected chi connectivity index (χ3v) is 6.08. The fourth-order valence-corrected chi connectivity index (χ4v) is 4.43. The van der Waals surface area contributed by atoms with Gasteiger partial charge in [0.1, 0.15) is 22.8 Å². The van der Waals surface area contributed by atoms with Gasteiger partial charge in [-0.1, -0.05) is 54.6 Å². The number of benzene rings is 4. The van der Waals surface area contributed by atoms with E-state index in [9.17, 15) is 15.0 Å². The standard InChI is InChI=1S/C29H19N3O3/c33-26-17-15-21(22-14-16-24(29(34)35)30-27(22)26)18-10-12-19(13-11-18)28-31-23-8-4-5-9-25(23)32(28)20-6-2-1-3-7-20/h1-17,33H,(H,34,35). The van der Waals surface area contributed by atoms with Crippen molar-refractivity contribution < 1.29 is 15.0 Å². The second-order valence-corrected chi connectivity index (χ2v) is 8.20. The summed E-state index contributed by atoms with van der Waals surface area (Å²) in [5.74, 6) is -0.352. The molecule has 6 rings (SSSR count). The molecule has 0 amide bonds. The van der Waals surface area contributed by atoms with Crippen molar-refractivity contribution in [2.24, 2.45) is 0 Å². The predicted molar refractivity (Wildman–Crippen MR) is 136 cm³/mol. The summed E-state index contributed by atoms with van der Waals surface area (Å²) in [4.78, 5) is 20.4. The van der Waals surface area contributed by atoms with Gasteiger partial charge in [0.15, 0.2) is 0 Å². The minimum atomic E-state index is -1.14. The molecule has 0 radical (unpaired) electrons. The largest absolute Gasteiger partial charge is 0.506 e. The summed E-state index contributed by atoms with van der Waals surface area (Å²) in [5.41, 5.74) is 5.87. The van der Waals surface area contributed by atoms with Crippen LogP contribution in [0.4, 0.5) is 0 Å². The molecule has 0 aliphatic carbocycles. The number of aromatic hydroxyl groups is 1. The molecule has 0 unspecified atom stereocenters. The molecule has 35 heavy (non-hydrogen) atoms. The van der Waals surface area contributed by atoms with E-state index >= 15 is 0 Å². The molecule has 0 fully saturated rings. The van der Waals surface area contributed by atoms with Gasteiger partial charge in [0, 0.05) is 16.6 Å². The number of hydrogen-bond donors (Lipinski definition) is 2. The lowest BCUT2D eigenvalue weighted by molar-refractivity contribution is 0.0691. The first-order chi connectivity index (χ1) is 17.1. The minimum absolute atomic E-state index is 0.0555. The minimum Gasteiger partial charge on any atom is -0.506 e. The van der Waals surface area contributed by atoms with E-state index in [1.807, 2.05) is 66.7 Å². The molecule has 0 saturated heterocycles. The Morgan fingerprint density at radius 3 is 2.20 bits per heavy atom. The van der Waals surface area contributed by atoms with Gasteiger partial charge < -0.3 is 10.2 Å². The Morgan fingerprint density at radius 2 is 1.43 bits per heavy atom. The highest BCUT2D eigenvalue weighted by molar-refractivity contribution is 6.00. The van der Waals surface area contributed by atoms with Gasteiger partial charge in [0.25, 0.3) is 0 Å². The average Bonchev–Trinajstić information content (AvgIpc) is 3.29. The molecular weight excluding hydrogens is 438 g/mol. The van der Waals surface area contributed by atoms with E-state index in [4.69, 9.17) is 4.98 Å². The SMILES string of the molecule is O=C(O)c1ccc2c(-c3ccc(-c4nc5ccccc5n4-c4ccccc4)cc3)ccc(O)c2n1. The number of phenols is 1. The van der Waals surface area contributed by atoms with Crippen LogP contribution in [0.15, 0.2) is 103 Å². The summed E-state index contributed by atoms with van der Waals surface area (Å²) in [5, 5.41) is 20.2. The molecule has 0 aliphatic rings. The Hall–Kier alpha value is -4.97. The van der Waals surface area contributed by atoms with Crippen molar-refractivity contribution in [2.45, 2.75) is 0 Å². The highest BCUT2D eigenvalue weighted by Gasteiger charge is 2.16. The van der Waals surface area contributed by atoms with Crippen molar-refractivity contribution in [3.63, 3.8) is 0 Å². The van der Waals surface area contributed by atoms with Crippen LogP contribution in [0.5, 0.6) is 5.75 Å². The number of carboxylic acids is 1. The maximum absolute atomic E-state index is 11.3. The first kappa shape index (κ1) is 20.6. The molecular formula is C29H19N3O3. The zero-order valence-electron chi connectivity index (χ0n) is 18.5. The molecule has 0 atom stereocenters. The lowest BCUT2D eigenvalue weighted by Crippen LogP contribution is -2.00. The molecule has 0 aliphatic heterocycles. The number of carbonyl (C=O) groups is 1. The zero-order valence-corrected chi connectivity index (χ0v) is 18.5. The highest BCUT2D eigenvalue weighted by atomic mass is 16.4. The number of fused-ring (bicyclic) bond motifs is 2. The van der Waals surface area contributed by atoms with Gasteiger partial charge in [0.2, 0.25) is 0 Å². The molecule has 2 heterocycles. The van der Waals surface area contributed by atoms with Gasteiger partial charge in [-0.15, -0.1) is 0 Å². The van der Waals surface area contributed by atoms with Crippen molar-refractivity contribution in [1.29, 1.82) is 0 Å². The molecule has 6 heteroatoms. The number of hydrogen-bond acceptors (Lipinski definition) is 4. The smallest absolute Gasteiger partial charge is 0.354 e. The maximum Gasteiger partial charge on any atom is 0.354 e. The fraction of sp³-hybridized carbons (Fsp3) is 0. The van der Waals surface area contributed by atoms with Crippen LogP contribution >= 0.6 is 0 Å². The van der Waals surface area contributed by atoms with E-state index in [0.717, 1.165) is 39.2 Å². The number of carboxylic acid groups (broad SMARTS) is 1. The summed E-state index contributed by atoms with van der Waals surface area (Å²) in [6.07, 6.45) is 0. The Balaban J connectivity index is 1.48. The zero-order chi connectivity index (χ0) is 23.9. The quantitative estimate of drug-likeness (QED) is 0.324. The fourth-order valence-electron chi connectivity index (χ4n) is 4.43. The molecule has 6 aromatic rings. The van der Waals surface area contributed by atoms with Crippen LogP contribution in [0.2, 0.25) is 0 Å². The number of pyridine rings is 1. The van der Waals surface area contributed by atoms with E-state index in [1.165, 1.54) is 6.07 Å². The first-order valence-electron chi connectivity index (χ1n) is 11.1. The van der Waals surface area contributed by atoms with E-state index in [2.05, 4.69) is 27.8 Å². The van der Waals surface area contributed by atoms with Crippen molar-refractivity contribution in [1.82, 2.24) is 14.5 Å². The van der Waals surface area contributed by atoms with Gasteiger partial charge in [-0.3, -0.25) is 4.57 Å². The van der Waals surface area contributed by atoms with E-state index < -0.39 is 5.97 Å². The van der Waals surface area contributed by atoms with Crippen LogP contribution in [-0.4, -0.2) is 30.7 Å². The second-order valence-electron chi connectivity index (χ2n) is 8.20.